The lowest BCUT2D eigenvalue weighted by molar-refractivity contribution is 0.384. The molecule has 0 fully saturated rings. The fourth-order valence-corrected chi connectivity index (χ4v) is 0.910. The van der Waals surface area contributed by atoms with Crippen LogP contribution in [0.5, 0.6) is 0 Å². The Labute approximate surface area is 67.7 Å². The molecule has 0 spiro atoms. The molecule has 0 aromatic carbocycles. The molecule has 0 N–H and O–H groups in total. The average Bonchev–Trinajstić information content (AvgIpc) is 2.31. The fourth-order valence-electron chi connectivity index (χ4n) is 0.910. The molecule has 3 nitrogen and oxygen atoms in total. The van der Waals surface area contributed by atoms with Gasteiger partial charge < -0.3 is 9.47 Å². The zero-order valence-electron chi connectivity index (χ0n) is 7.41. The molecule has 3 heteroatoms. The van der Waals surface area contributed by atoms with Crippen LogP contribution in [0.15, 0.2) is 12.5 Å². The predicted molar refractivity (Wildman–Crippen MR) is 45.5 cm³/mol. The summed E-state index contributed by atoms with van der Waals surface area (Å²) in [5.41, 5.74) is 1.09. The van der Waals surface area contributed by atoms with Gasteiger partial charge in [0.25, 0.3) is 0 Å². The van der Waals surface area contributed by atoms with Crippen LogP contribution >= 0.6 is 0 Å². The molecule has 0 unspecified atom stereocenters. The lowest BCUT2D eigenvalue weighted by Crippen LogP contribution is -2.17. The average molecular weight is 153 g/mol. The van der Waals surface area contributed by atoms with Gasteiger partial charge in [-0.25, -0.2) is 4.98 Å². The Hall–Kier alpha value is -0.830. The second kappa shape index (κ2) is 3.53. The van der Waals surface area contributed by atoms with E-state index in [4.69, 9.17) is 0 Å². The van der Waals surface area contributed by atoms with Crippen molar-refractivity contribution < 1.29 is 0 Å². The molecular formula is C8H15N3. The Morgan fingerprint density at radius 1 is 1.55 bits per heavy atom. The van der Waals surface area contributed by atoms with Gasteiger partial charge >= 0.3 is 0 Å². The molecule has 0 saturated heterocycles. The molecule has 0 saturated carbocycles. The third-order valence-electron chi connectivity index (χ3n) is 1.57. The summed E-state index contributed by atoms with van der Waals surface area (Å²) < 4.78 is 2.11. The van der Waals surface area contributed by atoms with E-state index in [0.717, 1.165) is 18.8 Å². The quantitative estimate of drug-likeness (QED) is 0.639. The minimum atomic E-state index is 1.02. The molecule has 1 aromatic rings. The molecule has 0 aliphatic carbocycles. The predicted octanol–water partition coefficient (Wildman–Crippen LogP) is 0.753. The molecule has 0 atom stereocenters. The second-order valence-electron chi connectivity index (χ2n) is 3.06. The summed E-state index contributed by atoms with van der Waals surface area (Å²) in [4.78, 5) is 6.30. The molecule has 0 amide bonds. The van der Waals surface area contributed by atoms with Crippen molar-refractivity contribution in [2.75, 3.05) is 20.6 Å². The highest BCUT2D eigenvalue weighted by molar-refractivity contribution is 4.91. The van der Waals surface area contributed by atoms with Crippen molar-refractivity contribution in [2.45, 2.75) is 13.5 Å². The van der Waals surface area contributed by atoms with Crippen LogP contribution in [0.1, 0.15) is 5.69 Å². The Morgan fingerprint density at radius 2 is 2.27 bits per heavy atom. The SMILES string of the molecule is Cc1cn(CCN(C)C)cn1. The van der Waals surface area contributed by atoms with Crippen molar-refractivity contribution in [2.24, 2.45) is 0 Å². The molecule has 0 radical (unpaired) electrons. The highest BCUT2D eigenvalue weighted by Gasteiger charge is 1.93. The summed E-state index contributed by atoms with van der Waals surface area (Å²) in [6.07, 6.45) is 3.93. The zero-order chi connectivity index (χ0) is 8.27. The Morgan fingerprint density at radius 3 is 2.73 bits per heavy atom. The highest BCUT2D eigenvalue weighted by atomic mass is 15.1. The Balaban J connectivity index is 2.39. The van der Waals surface area contributed by atoms with E-state index in [2.05, 4.69) is 34.7 Å². The van der Waals surface area contributed by atoms with Crippen LogP contribution in [0.4, 0.5) is 0 Å². The van der Waals surface area contributed by atoms with Gasteiger partial charge in [0.1, 0.15) is 0 Å². The minimum Gasteiger partial charge on any atom is -0.336 e. The topological polar surface area (TPSA) is 21.1 Å². The van der Waals surface area contributed by atoms with Gasteiger partial charge in [-0.1, -0.05) is 0 Å². The number of aromatic nitrogens is 2. The summed E-state index contributed by atoms with van der Waals surface area (Å²) in [7, 11) is 4.15. The number of rotatable bonds is 3. The van der Waals surface area contributed by atoms with Crippen LogP contribution < -0.4 is 0 Å². The summed E-state index contributed by atoms with van der Waals surface area (Å²) >= 11 is 0. The molecule has 0 aliphatic rings. The first-order chi connectivity index (χ1) is 5.18. The summed E-state index contributed by atoms with van der Waals surface area (Å²) in [5, 5.41) is 0. The molecule has 1 rings (SSSR count). The van der Waals surface area contributed by atoms with Crippen LogP contribution in [-0.2, 0) is 6.54 Å². The first-order valence-corrected chi connectivity index (χ1v) is 3.81. The maximum Gasteiger partial charge on any atom is 0.0949 e. The standard InChI is InChI=1S/C8H15N3/c1-8-6-11(7-9-8)5-4-10(2)3/h6-7H,4-5H2,1-3H3. The molecule has 62 valence electrons. The first-order valence-electron chi connectivity index (χ1n) is 3.81. The van der Waals surface area contributed by atoms with Crippen LogP contribution in [0.25, 0.3) is 0 Å². The lowest BCUT2D eigenvalue weighted by Gasteiger charge is -2.08. The van der Waals surface area contributed by atoms with Crippen molar-refractivity contribution in [3.8, 4) is 0 Å². The van der Waals surface area contributed by atoms with Gasteiger partial charge in [-0.05, 0) is 21.0 Å². The molecule has 1 aromatic heterocycles. The zero-order valence-corrected chi connectivity index (χ0v) is 7.41. The summed E-state index contributed by atoms with van der Waals surface area (Å²) in [5.74, 6) is 0. The van der Waals surface area contributed by atoms with Crippen molar-refractivity contribution in [3.63, 3.8) is 0 Å². The van der Waals surface area contributed by atoms with Crippen molar-refractivity contribution in [3.05, 3.63) is 18.2 Å². The number of hydrogen-bond donors (Lipinski definition) is 0. The summed E-state index contributed by atoms with van der Waals surface area (Å²) in [6.45, 7) is 4.09. The van der Waals surface area contributed by atoms with E-state index in [1.807, 2.05) is 13.3 Å². The van der Waals surface area contributed by atoms with Crippen LogP contribution in [0, 0.1) is 6.92 Å². The highest BCUT2D eigenvalue weighted by Crippen LogP contribution is 1.92. The van der Waals surface area contributed by atoms with E-state index in [9.17, 15) is 0 Å². The first kappa shape index (κ1) is 8.27. The monoisotopic (exact) mass is 153 g/mol. The van der Waals surface area contributed by atoms with Crippen molar-refractivity contribution in [1.29, 1.82) is 0 Å². The van der Waals surface area contributed by atoms with E-state index in [0.29, 0.717) is 0 Å². The number of likely N-dealkylation sites (N-methyl/N-ethyl adjacent to an activating group) is 1. The van der Waals surface area contributed by atoms with E-state index in [1.165, 1.54) is 0 Å². The van der Waals surface area contributed by atoms with Crippen LogP contribution in [0.3, 0.4) is 0 Å². The fraction of sp³-hybridized carbons (Fsp3) is 0.625. The molecule has 11 heavy (non-hydrogen) atoms. The van der Waals surface area contributed by atoms with Gasteiger partial charge in [-0.15, -0.1) is 0 Å². The van der Waals surface area contributed by atoms with Gasteiger partial charge in [-0.3, -0.25) is 0 Å². The van der Waals surface area contributed by atoms with Gasteiger partial charge in [0.2, 0.25) is 0 Å². The largest absolute Gasteiger partial charge is 0.336 e. The summed E-state index contributed by atoms with van der Waals surface area (Å²) in [6, 6.07) is 0. The lowest BCUT2D eigenvalue weighted by atomic mass is 10.5. The Bertz CT molecular complexity index is 215. The maximum absolute atomic E-state index is 4.14. The van der Waals surface area contributed by atoms with Crippen molar-refractivity contribution >= 4 is 0 Å². The number of nitrogens with zero attached hydrogens (tertiary/aromatic N) is 3. The second-order valence-corrected chi connectivity index (χ2v) is 3.06. The molecular weight excluding hydrogens is 138 g/mol. The van der Waals surface area contributed by atoms with E-state index < -0.39 is 0 Å². The molecule has 1 heterocycles. The maximum atomic E-state index is 4.14. The smallest absolute Gasteiger partial charge is 0.0949 e. The van der Waals surface area contributed by atoms with E-state index >= 15 is 0 Å². The van der Waals surface area contributed by atoms with E-state index in [1.54, 1.807) is 0 Å². The van der Waals surface area contributed by atoms with Gasteiger partial charge in [0, 0.05) is 19.3 Å². The van der Waals surface area contributed by atoms with Gasteiger partial charge in [-0.2, -0.15) is 0 Å². The third-order valence-corrected chi connectivity index (χ3v) is 1.57. The third kappa shape index (κ3) is 2.72. The number of aryl methyl sites for hydroxylation is 1. The van der Waals surface area contributed by atoms with Crippen LogP contribution in [0.2, 0.25) is 0 Å². The Kier molecular flexibility index (Phi) is 2.65. The van der Waals surface area contributed by atoms with Gasteiger partial charge in [0.05, 0.1) is 12.0 Å². The molecule has 0 bridgehead atoms. The number of hydrogen-bond acceptors (Lipinski definition) is 2. The molecule has 0 aliphatic heterocycles. The van der Waals surface area contributed by atoms with Crippen molar-refractivity contribution in [1.82, 2.24) is 14.5 Å². The van der Waals surface area contributed by atoms with Crippen LogP contribution in [-0.4, -0.2) is 35.1 Å². The van der Waals surface area contributed by atoms with Gasteiger partial charge in [0.15, 0.2) is 0 Å². The van der Waals surface area contributed by atoms with E-state index in [-0.39, 0.29) is 0 Å². The number of imidazole rings is 1. The minimum absolute atomic E-state index is 1.02. The normalized spacial score (nSPS) is 10.9.